The zero-order valence-electron chi connectivity index (χ0n) is 13.4. The largest absolute Gasteiger partial charge is 0.481 e. The first-order valence-electron chi connectivity index (χ1n) is 7.20. The van der Waals surface area contributed by atoms with E-state index in [0.29, 0.717) is 17.3 Å². The molecule has 5 heteroatoms. The van der Waals surface area contributed by atoms with Crippen LogP contribution >= 0.6 is 11.6 Å². The van der Waals surface area contributed by atoms with Crippen LogP contribution in [-0.2, 0) is 11.3 Å². The first kappa shape index (κ1) is 17.8. The molecule has 0 radical (unpaired) electrons. The minimum Gasteiger partial charge on any atom is -0.481 e. The molecule has 0 fully saturated rings. The van der Waals surface area contributed by atoms with E-state index in [0.717, 1.165) is 12.1 Å². The molecular weight excluding hydrogens is 288 g/mol. The molecule has 0 bridgehead atoms. The van der Waals surface area contributed by atoms with Crippen molar-refractivity contribution in [3.05, 3.63) is 28.8 Å². The number of ether oxygens (including phenoxy) is 1. The Morgan fingerprint density at radius 1 is 1.38 bits per heavy atom. The predicted molar refractivity (Wildman–Crippen MR) is 86.8 cm³/mol. The molecule has 21 heavy (non-hydrogen) atoms. The summed E-state index contributed by atoms with van der Waals surface area (Å²) in [6, 6.07) is 5.42. The summed E-state index contributed by atoms with van der Waals surface area (Å²) in [6.07, 6.45) is -0.564. The SMILES string of the molecule is CCNCc1cc(Cl)ccc1OC(C)C(=O)NC(C)(C)C. The fraction of sp³-hybridized carbons (Fsp3) is 0.562. The van der Waals surface area contributed by atoms with Crippen molar-refractivity contribution in [1.29, 1.82) is 0 Å². The molecule has 4 nitrogen and oxygen atoms in total. The smallest absolute Gasteiger partial charge is 0.261 e. The third-order valence-corrected chi connectivity index (χ3v) is 2.99. The average molecular weight is 313 g/mol. The molecule has 0 aliphatic rings. The molecule has 0 heterocycles. The van der Waals surface area contributed by atoms with Gasteiger partial charge in [-0.25, -0.2) is 0 Å². The molecule has 0 aromatic heterocycles. The minimum absolute atomic E-state index is 0.133. The molecule has 0 saturated heterocycles. The molecule has 2 N–H and O–H groups in total. The number of carbonyl (C=O) groups is 1. The highest BCUT2D eigenvalue weighted by Crippen LogP contribution is 2.24. The van der Waals surface area contributed by atoms with Crippen LogP contribution in [0, 0.1) is 0 Å². The van der Waals surface area contributed by atoms with E-state index in [-0.39, 0.29) is 11.4 Å². The van der Waals surface area contributed by atoms with Gasteiger partial charge in [-0.15, -0.1) is 0 Å². The number of halogens is 1. The number of benzene rings is 1. The van der Waals surface area contributed by atoms with Crippen LogP contribution in [0.15, 0.2) is 18.2 Å². The van der Waals surface area contributed by atoms with Crippen LogP contribution in [0.5, 0.6) is 5.75 Å². The maximum Gasteiger partial charge on any atom is 0.261 e. The first-order chi connectivity index (χ1) is 9.73. The van der Waals surface area contributed by atoms with Gasteiger partial charge in [0.1, 0.15) is 5.75 Å². The molecule has 1 amide bonds. The highest BCUT2D eigenvalue weighted by atomic mass is 35.5. The van der Waals surface area contributed by atoms with Gasteiger partial charge in [-0.05, 0) is 52.4 Å². The monoisotopic (exact) mass is 312 g/mol. The first-order valence-corrected chi connectivity index (χ1v) is 7.58. The highest BCUT2D eigenvalue weighted by Gasteiger charge is 2.21. The topological polar surface area (TPSA) is 50.4 Å². The van der Waals surface area contributed by atoms with Gasteiger partial charge in [0, 0.05) is 22.7 Å². The molecule has 1 aromatic carbocycles. The molecule has 1 atom stereocenters. The van der Waals surface area contributed by atoms with Crippen molar-refractivity contribution in [1.82, 2.24) is 10.6 Å². The van der Waals surface area contributed by atoms with Crippen molar-refractivity contribution < 1.29 is 9.53 Å². The van der Waals surface area contributed by atoms with Crippen LogP contribution in [-0.4, -0.2) is 24.1 Å². The van der Waals surface area contributed by atoms with Gasteiger partial charge in [0.2, 0.25) is 0 Å². The summed E-state index contributed by atoms with van der Waals surface area (Å²) in [5, 5.41) is 6.80. The Morgan fingerprint density at radius 2 is 2.05 bits per heavy atom. The Balaban J connectivity index is 2.79. The van der Waals surface area contributed by atoms with Crippen molar-refractivity contribution in [2.24, 2.45) is 0 Å². The fourth-order valence-corrected chi connectivity index (χ4v) is 1.97. The van der Waals surface area contributed by atoms with Gasteiger partial charge in [-0.1, -0.05) is 18.5 Å². The second-order valence-electron chi connectivity index (χ2n) is 6.03. The van der Waals surface area contributed by atoms with Crippen LogP contribution < -0.4 is 15.4 Å². The van der Waals surface area contributed by atoms with Gasteiger partial charge in [-0.2, -0.15) is 0 Å². The number of amides is 1. The Hall–Kier alpha value is -1.26. The van der Waals surface area contributed by atoms with E-state index in [1.165, 1.54) is 0 Å². The summed E-state index contributed by atoms with van der Waals surface area (Å²) in [6.45, 7) is 11.1. The van der Waals surface area contributed by atoms with Crippen LogP contribution in [0.3, 0.4) is 0 Å². The maximum absolute atomic E-state index is 12.1. The summed E-state index contributed by atoms with van der Waals surface area (Å²) < 4.78 is 5.79. The number of carbonyl (C=O) groups excluding carboxylic acids is 1. The van der Waals surface area contributed by atoms with Gasteiger partial charge in [-0.3, -0.25) is 4.79 Å². The molecular formula is C16H25ClN2O2. The molecule has 0 saturated carbocycles. The lowest BCUT2D eigenvalue weighted by atomic mass is 10.1. The predicted octanol–water partition coefficient (Wildman–Crippen LogP) is 3.13. The minimum atomic E-state index is -0.564. The van der Waals surface area contributed by atoms with Crippen molar-refractivity contribution in [3.8, 4) is 5.75 Å². The zero-order chi connectivity index (χ0) is 16.0. The molecule has 0 spiro atoms. The summed E-state index contributed by atoms with van der Waals surface area (Å²) in [7, 11) is 0. The van der Waals surface area contributed by atoms with E-state index in [9.17, 15) is 4.79 Å². The Labute approximate surface area is 132 Å². The lowest BCUT2D eigenvalue weighted by molar-refractivity contribution is -0.128. The van der Waals surface area contributed by atoms with Gasteiger partial charge >= 0.3 is 0 Å². The molecule has 118 valence electrons. The van der Waals surface area contributed by atoms with Crippen LogP contribution in [0.2, 0.25) is 5.02 Å². The van der Waals surface area contributed by atoms with Crippen molar-refractivity contribution >= 4 is 17.5 Å². The van der Waals surface area contributed by atoms with E-state index in [1.54, 1.807) is 19.1 Å². The van der Waals surface area contributed by atoms with Gasteiger partial charge in [0.25, 0.3) is 5.91 Å². The summed E-state index contributed by atoms with van der Waals surface area (Å²) >= 11 is 6.02. The van der Waals surface area contributed by atoms with Crippen molar-refractivity contribution in [2.75, 3.05) is 6.54 Å². The van der Waals surface area contributed by atoms with Gasteiger partial charge in [0.15, 0.2) is 6.10 Å². The standard InChI is InChI=1S/C16H25ClN2O2/c1-6-18-10-12-9-13(17)7-8-14(12)21-11(2)15(20)19-16(3,4)5/h7-9,11,18H,6,10H2,1-5H3,(H,19,20). The van der Waals surface area contributed by atoms with Crippen molar-refractivity contribution in [2.45, 2.75) is 52.8 Å². The maximum atomic E-state index is 12.1. The van der Waals surface area contributed by atoms with Crippen molar-refractivity contribution in [3.63, 3.8) is 0 Å². The fourth-order valence-electron chi connectivity index (χ4n) is 1.78. The third-order valence-electron chi connectivity index (χ3n) is 2.76. The number of hydrogen-bond donors (Lipinski definition) is 2. The normalized spacial score (nSPS) is 12.9. The average Bonchev–Trinajstić information content (AvgIpc) is 2.36. The van der Waals surface area contributed by atoms with E-state index < -0.39 is 6.10 Å². The molecule has 1 unspecified atom stereocenters. The van der Waals surface area contributed by atoms with Gasteiger partial charge in [0.05, 0.1) is 0 Å². The lowest BCUT2D eigenvalue weighted by Crippen LogP contribution is -2.46. The lowest BCUT2D eigenvalue weighted by Gasteiger charge is -2.24. The summed E-state index contributed by atoms with van der Waals surface area (Å²) in [5.41, 5.74) is 0.668. The Bertz CT molecular complexity index is 484. The summed E-state index contributed by atoms with van der Waals surface area (Å²) in [4.78, 5) is 12.1. The van der Waals surface area contributed by atoms with Gasteiger partial charge < -0.3 is 15.4 Å². The molecule has 0 aliphatic heterocycles. The number of rotatable bonds is 6. The van der Waals surface area contributed by atoms with E-state index in [1.807, 2.05) is 33.8 Å². The van der Waals surface area contributed by atoms with E-state index in [4.69, 9.17) is 16.3 Å². The highest BCUT2D eigenvalue weighted by molar-refractivity contribution is 6.30. The number of hydrogen-bond acceptors (Lipinski definition) is 3. The Kier molecular flexibility index (Phi) is 6.49. The quantitative estimate of drug-likeness (QED) is 0.848. The second kappa shape index (κ2) is 7.66. The summed E-state index contributed by atoms with van der Waals surface area (Å²) in [5.74, 6) is 0.545. The van der Waals surface area contributed by atoms with Crippen LogP contribution in [0.4, 0.5) is 0 Å². The third kappa shape index (κ3) is 6.36. The Morgan fingerprint density at radius 3 is 2.62 bits per heavy atom. The van der Waals surface area contributed by atoms with E-state index >= 15 is 0 Å². The molecule has 1 aromatic rings. The molecule has 0 aliphatic carbocycles. The number of nitrogens with one attached hydrogen (secondary N) is 2. The zero-order valence-corrected chi connectivity index (χ0v) is 14.2. The van der Waals surface area contributed by atoms with Crippen LogP contribution in [0.1, 0.15) is 40.2 Å². The molecule has 1 rings (SSSR count). The second-order valence-corrected chi connectivity index (χ2v) is 6.47. The van der Waals surface area contributed by atoms with Crippen LogP contribution in [0.25, 0.3) is 0 Å². The van der Waals surface area contributed by atoms with E-state index in [2.05, 4.69) is 10.6 Å².